The van der Waals surface area contributed by atoms with Gasteiger partial charge in [0.1, 0.15) is 16.6 Å². The minimum absolute atomic E-state index is 0.142. The van der Waals surface area contributed by atoms with Crippen molar-refractivity contribution in [2.45, 2.75) is 32.1 Å². The van der Waals surface area contributed by atoms with E-state index in [-0.39, 0.29) is 5.56 Å². The molecule has 25 heavy (non-hydrogen) atoms. The van der Waals surface area contributed by atoms with Gasteiger partial charge in [-0.1, -0.05) is 6.42 Å². The van der Waals surface area contributed by atoms with Gasteiger partial charge in [-0.3, -0.25) is 4.79 Å². The lowest BCUT2D eigenvalue weighted by atomic mass is 10.1. The van der Waals surface area contributed by atoms with E-state index in [0.717, 1.165) is 54.7 Å². The molecule has 3 rings (SSSR count). The van der Waals surface area contributed by atoms with Crippen molar-refractivity contribution in [1.82, 2.24) is 0 Å². The van der Waals surface area contributed by atoms with Gasteiger partial charge in [0.05, 0.1) is 12.7 Å². The van der Waals surface area contributed by atoms with Crippen molar-refractivity contribution in [2.75, 3.05) is 12.4 Å². The van der Waals surface area contributed by atoms with Crippen LogP contribution in [0.2, 0.25) is 0 Å². The van der Waals surface area contributed by atoms with Gasteiger partial charge in [-0.15, -0.1) is 11.3 Å². The number of rotatable bonds is 3. The number of carbonyl (C=O) groups is 2. The van der Waals surface area contributed by atoms with E-state index in [9.17, 15) is 18.4 Å². The Kier molecular flexibility index (Phi) is 5.13. The van der Waals surface area contributed by atoms with Gasteiger partial charge in [-0.05, 0) is 43.4 Å². The number of benzene rings is 1. The van der Waals surface area contributed by atoms with Gasteiger partial charge in [-0.25, -0.2) is 13.6 Å². The average Bonchev–Trinajstić information content (AvgIpc) is 2.74. The zero-order chi connectivity index (χ0) is 18.0. The molecule has 0 bridgehead atoms. The number of esters is 1. The van der Waals surface area contributed by atoms with Gasteiger partial charge in [0.15, 0.2) is 0 Å². The molecule has 4 nitrogen and oxygen atoms in total. The van der Waals surface area contributed by atoms with Crippen LogP contribution in [0.25, 0.3) is 0 Å². The minimum atomic E-state index is -0.833. The Balaban J connectivity index is 1.96. The number of ether oxygens (including phenoxy) is 1. The summed E-state index contributed by atoms with van der Waals surface area (Å²) >= 11 is 1.33. The first-order valence-corrected chi connectivity index (χ1v) is 8.81. The van der Waals surface area contributed by atoms with E-state index < -0.39 is 23.5 Å². The summed E-state index contributed by atoms with van der Waals surface area (Å²) in [6.07, 6.45) is 4.67. The maximum absolute atomic E-state index is 13.3. The molecule has 132 valence electrons. The molecule has 0 fully saturated rings. The van der Waals surface area contributed by atoms with E-state index in [1.807, 2.05) is 0 Å². The Hall–Kier alpha value is -2.28. The SMILES string of the molecule is COC(=O)c1c(NC(=O)c2cc(F)cc(F)c2)sc2c1CCCCC2. The minimum Gasteiger partial charge on any atom is -0.465 e. The summed E-state index contributed by atoms with van der Waals surface area (Å²) in [5, 5.41) is 2.99. The van der Waals surface area contributed by atoms with Gasteiger partial charge in [0.25, 0.3) is 5.91 Å². The number of anilines is 1. The average molecular weight is 365 g/mol. The third kappa shape index (κ3) is 3.71. The molecule has 1 N–H and O–H groups in total. The summed E-state index contributed by atoms with van der Waals surface area (Å²) in [6, 6.07) is 2.60. The third-order valence-electron chi connectivity index (χ3n) is 4.16. The predicted molar refractivity (Wildman–Crippen MR) is 91.2 cm³/mol. The Morgan fingerprint density at radius 3 is 2.44 bits per heavy atom. The lowest BCUT2D eigenvalue weighted by Gasteiger charge is -2.08. The van der Waals surface area contributed by atoms with Crippen molar-refractivity contribution >= 4 is 28.2 Å². The largest absolute Gasteiger partial charge is 0.465 e. The second kappa shape index (κ2) is 7.31. The van der Waals surface area contributed by atoms with Crippen molar-refractivity contribution in [1.29, 1.82) is 0 Å². The lowest BCUT2D eigenvalue weighted by Crippen LogP contribution is -2.15. The van der Waals surface area contributed by atoms with Crippen LogP contribution < -0.4 is 5.32 Å². The van der Waals surface area contributed by atoms with Gasteiger partial charge in [0.2, 0.25) is 0 Å². The second-order valence-electron chi connectivity index (χ2n) is 5.87. The van der Waals surface area contributed by atoms with Crippen molar-refractivity contribution < 1.29 is 23.1 Å². The van der Waals surface area contributed by atoms with Gasteiger partial charge < -0.3 is 10.1 Å². The van der Waals surface area contributed by atoms with Crippen LogP contribution in [0.15, 0.2) is 18.2 Å². The summed E-state index contributed by atoms with van der Waals surface area (Å²) in [4.78, 5) is 25.6. The molecule has 1 heterocycles. The maximum atomic E-state index is 13.3. The summed E-state index contributed by atoms with van der Waals surface area (Å²) in [5.41, 5.74) is 1.13. The molecule has 7 heteroatoms. The van der Waals surface area contributed by atoms with Crippen LogP contribution in [0, 0.1) is 11.6 Å². The Labute approximate surface area is 147 Å². The Morgan fingerprint density at radius 2 is 1.76 bits per heavy atom. The molecule has 1 aliphatic carbocycles. The van der Waals surface area contributed by atoms with E-state index in [1.54, 1.807) is 0 Å². The Morgan fingerprint density at radius 1 is 1.08 bits per heavy atom. The quantitative estimate of drug-likeness (QED) is 0.650. The zero-order valence-corrected chi connectivity index (χ0v) is 14.5. The van der Waals surface area contributed by atoms with E-state index in [0.29, 0.717) is 16.6 Å². The van der Waals surface area contributed by atoms with Gasteiger partial charge in [0, 0.05) is 16.5 Å². The molecule has 0 aliphatic heterocycles. The van der Waals surface area contributed by atoms with Crippen LogP contribution in [-0.2, 0) is 17.6 Å². The van der Waals surface area contributed by atoms with Crippen LogP contribution in [0.3, 0.4) is 0 Å². The zero-order valence-electron chi connectivity index (χ0n) is 13.7. The number of methoxy groups -OCH3 is 1. The number of fused-ring (bicyclic) bond motifs is 1. The van der Waals surface area contributed by atoms with Crippen molar-refractivity contribution in [3.63, 3.8) is 0 Å². The molecule has 1 aromatic heterocycles. The first-order chi connectivity index (χ1) is 12.0. The first-order valence-electron chi connectivity index (χ1n) is 8.00. The van der Waals surface area contributed by atoms with Crippen molar-refractivity contribution in [3.8, 4) is 0 Å². The van der Waals surface area contributed by atoms with Gasteiger partial charge >= 0.3 is 5.97 Å². The lowest BCUT2D eigenvalue weighted by molar-refractivity contribution is 0.0601. The molecule has 0 atom stereocenters. The summed E-state index contributed by atoms with van der Waals surface area (Å²) in [5.74, 6) is -2.85. The highest BCUT2D eigenvalue weighted by atomic mass is 32.1. The highest BCUT2D eigenvalue weighted by Gasteiger charge is 2.26. The van der Waals surface area contributed by atoms with Crippen molar-refractivity contribution in [2.24, 2.45) is 0 Å². The number of nitrogens with one attached hydrogen (secondary N) is 1. The number of thiophene rings is 1. The molecule has 0 unspecified atom stereocenters. The standard InChI is InChI=1S/C18H17F2NO3S/c1-24-18(23)15-13-5-3-2-4-6-14(13)25-17(15)21-16(22)10-7-11(19)9-12(20)8-10/h7-9H,2-6H2,1H3,(H,21,22). The monoisotopic (exact) mass is 365 g/mol. The molecule has 1 aliphatic rings. The number of hydrogen-bond acceptors (Lipinski definition) is 4. The number of aryl methyl sites for hydroxylation is 1. The fourth-order valence-electron chi connectivity index (χ4n) is 3.01. The number of halogens is 2. The van der Waals surface area contributed by atoms with E-state index in [2.05, 4.69) is 5.32 Å². The van der Waals surface area contributed by atoms with Crippen LogP contribution in [-0.4, -0.2) is 19.0 Å². The molecule has 1 aromatic carbocycles. The second-order valence-corrected chi connectivity index (χ2v) is 6.98. The van der Waals surface area contributed by atoms with E-state index in [4.69, 9.17) is 4.74 Å². The first kappa shape index (κ1) is 17.5. The van der Waals surface area contributed by atoms with Crippen LogP contribution in [0.1, 0.15) is 50.4 Å². The molecule has 2 aromatic rings. The summed E-state index contributed by atoms with van der Waals surface area (Å²) in [7, 11) is 1.29. The molecular formula is C18H17F2NO3S. The molecule has 1 amide bonds. The maximum Gasteiger partial charge on any atom is 0.341 e. The van der Waals surface area contributed by atoms with Crippen molar-refractivity contribution in [3.05, 3.63) is 51.4 Å². The van der Waals surface area contributed by atoms with Crippen LogP contribution in [0.5, 0.6) is 0 Å². The smallest absolute Gasteiger partial charge is 0.341 e. The predicted octanol–water partition coefficient (Wildman–Crippen LogP) is 4.33. The highest BCUT2D eigenvalue weighted by Crippen LogP contribution is 2.38. The van der Waals surface area contributed by atoms with Crippen LogP contribution >= 0.6 is 11.3 Å². The topological polar surface area (TPSA) is 55.4 Å². The number of hydrogen-bond donors (Lipinski definition) is 1. The molecule has 0 saturated heterocycles. The highest BCUT2D eigenvalue weighted by molar-refractivity contribution is 7.17. The molecular weight excluding hydrogens is 348 g/mol. The van der Waals surface area contributed by atoms with Crippen LogP contribution in [0.4, 0.5) is 13.8 Å². The normalized spacial score (nSPS) is 13.7. The molecule has 0 saturated carbocycles. The Bertz CT molecular complexity index is 812. The number of amides is 1. The third-order valence-corrected chi connectivity index (χ3v) is 5.37. The number of carbonyl (C=O) groups excluding carboxylic acids is 2. The molecule has 0 spiro atoms. The summed E-state index contributed by atoms with van der Waals surface area (Å²) < 4.78 is 31.5. The van der Waals surface area contributed by atoms with E-state index in [1.165, 1.54) is 18.4 Å². The molecule has 0 radical (unpaired) electrons. The fraction of sp³-hybridized carbons (Fsp3) is 0.333. The van der Waals surface area contributed by atoms with E-state index >= 15 is 0 Å². The summed E-state index contributed by atoms with van der Waals surface area (Å²) in [6.45, 7) is 0. The van der Waals surface area contributed by atoms with Gasteiger partial charge in [-0.2, -0.15) is 0 Å². The fourth-order valence-corrected chi connectivity index (χ4v) is 4.28.